The number of hydrogen-bond donors (Lipinski definition) is 2. The molecule has 0 saturated heterocycles. The van der Waals surface area contributed by atoms with Crippen molar-refractivity contribution in [1.82, 2.24) is 0 Å². The number of carbonyl (C=O) groups is 2. The van der Waals surface area contributed by atoms with Crippen molar-refractivity contribution >= 4 is 23.7 Å². The van der Waals surface area contributed by atoms with Crippen molar-refractivity contribution in [2.75, 3.05) is 0 Å². The van der Waals surface area contributed by atoms with E-state index in [9.17, 15) is 19.8 Å². The quantitative estimate of drug-likeness (QED) is 0.571. The maximum atomic E-state index is 11.3. The molecule has 0 saturated carbocycles. The van der Waals surface area contributed by atoms with Crippen LogP contribution in [0.5, 0.6) is 0 Å². The molecule has 0 bridgehead atoms. The number of fused-ring (bicyclic) bond motifs is 3. The maximum absolute atomic E-state index is 11.3. The van der Waals surface area contributed by atoms with Crippen LogP contribution < -0.4 is 0 Å². The Labute approximate surface area is 131 Å². The Morgan fingerprint density at radius 1 is 1.00 bits per heavy atom. The zero-order valence-corrected chi connectivity index (χ0v) is 12.7. The average Bonchev–Trinajstić information content (AvgIpc) is 2.84. The largest absolute Gasteiger partial charge is 0.480 e. The number of rotatable bonds is 4. The van der Waals surface area contributed by atoms with E-state index >= 15 is 0 Å². The summed E-state index contributed by atoms with van der Waals surface area (Å²) in [5.41, 5.74) is 4.66. The van der Waals surface area contributed by atoms with Gasteiger partial charge in [0.15, 0.2) is 0 Å². The first-order chi connectivity index (χ1) is 10.4. The van der Waals surface area contributed by atoms with Crippen LogP contribution in [0.3, 0.4) is 0 Å². The molecular formula is C17H14O4S. The second kappa shape index (κ2) is 5.18. The van der Waals surface area contributed by atoms with Crippen LogP contribution >= 0.6 is 11.8 Å². The van der Waals surface area contributed by atoms with Gasteiger partial charge in [-0.3, -0.25) is 9.59 Å². The lowest BCUT2D eigenvalue weighted by Gasteiger charge is -2.19. The van der Waals surface area contributed by atoms with Crippen molar-refractivity contribution in [1.29, 1.82) is 0 Å². The van der Waals surface area contributed by atoms with E-state index in [2.05, 4.69) is 12.1 Å². The fourth-order valence-corrected chi connectivity index (χ4v) is 3.58. The smallest absolute Gasteiger partial charge is 0.331 e. The zero-order valence-electron chi connectivity index (χ0n) is 11.9. The molecule has 0 fully saturated rings. The Balaban J connectivity index is 1.95. The number of carboxylic acids is 2. The van der Waals surface area contributed by atoms with E-state index in [1.165, 1.54) is 18.1 Å². The molecule has 0 spiro atoms. The molecule has 4 nitrogen and oxygen atoms in total. The van der Waals surface area contributed by atoms with E-state index in [-0.39, 0.29) is 0 Å². The Morgan fingerprint density at radius 3 is 2.32 bits per heavy atom. The highest BCUT2D eigenvalue weighted by atomic mass is 32.2. The summed E-state index contributed by atoms with van der Waals surface area (Å²) in [5, 5.41) is 18.4. The molecule has 2 aromatic carbocycles. The molecule has 5 heteroatoms. The third kappa shape index (κ3) is 2.27. The standard InChI is InChI=1S/C17H14O4S/c1-17(15(18)19,16(20)21)22-12-6-7-14-11(9-12)8-10-4-2-3-5-13(10)14/h2-7,9H,8H2,1H3,(H,18,19)(H,20,21). The van der Waals surface area contributed by atoms with E-state index in [0.29, 0.717) is 4.90 Å². The molecule has 0 amide bonds. The summed E-state index contributed by atoms with van der Waals surface area (Å²) in [6.45, 7) is 1.21. The number of benzene rings is 2. The first-order valence-electron chi connectivity index (χ1n) is 6.79. The van der Waals surface area contributed by atoms with Gasteiger partial charge in [-0.1, -0.05) is 42.1 Å². The molecule has 3 rings (SSSR count). The zero-order chi connectivity index (χ0) is 15.9. The fourth-order valence-electron chi connectivity index (χ4n) is 2.60. The van der Waals surface area contributed by atoms with Crippen LogP contribution in [0, 0.1) is 0 Å². The molecule has 2 N–H and O–H groups in total. The predicted octanol–water partition coefficient (Wildman–Crippen LogP) is 3.28. The molecule has 0 heterocycles. The van der Waals surface area contributed by atoms with Crippen molar-refractivity contribution in [2.24, 2.45) is 0 Å². The molecule has 22 heavy (non-hydrogen) atoms. The Bertz CT molecular complexity index is 768. The summed E-state index contributed by atoms with van der Waals surface area (Å²) in [6.07, 6.45) is 0.788. The van der Waals surface area contributed by atoms with Gasteiger partial charge in [0.1, 0.15) is 0 Å². The summed E-state index contributed by atoms with van der Waals surface area (Å²) >= 11 is 0.853. The van der Waals surface area contributed by atoms with E-state index < -0.39 is 16.7 Å². The minimum Gasteiger partial charge on any atom is -0.480 e. The van der Waals surface area contributed by atoms with Gasteiger partial charge in [0.05, 0.1) is 0 Å². The number of carboxylic acid groups (broad SMARTS) is 2. The van der Waals surface area contributed by atoms with Gasteiger partial charge in [-0.2, -0.15) is 0 Å². The number of hydrogen-bond acceptors (Lipinski definition) is 3. The average molecular weight is 314 g/mol. The van der Waals surface area contributed by atoms with Crippen molar-refractivity contribution in [3.05, 3.63) is 53.6 Å². The van der Waals surface area contributed by atoms with Crippen molar-refractivity contribution in [2.45, 2.75) is 23.0 Å². The van der Waals surface area contributed by atoms with Crippen LogP contribution in [0.25, 0.3) is 11.1 Å². The number of aliphatic carboxylic acids is 2. The normalized spacial score (nSPS) is 12.6. The Hall–Kier alpha value is -2.27. The fraction of sp³-hybridized carbons (Fsp3) is 0.176. The number of thioether (sulfide) groups is 1. The summed E-state index contributed by atoms with van der Waals surface area (Å²) < 4.78 is -1.89. The molecule has 0 radical (unpaired) electrons. The van der Waals surface area contributed by atoms with Crippen LogP contribution in [0.4, 0.5) is 0 Å². The first kappa shape index (κ1) is 14.7. The van der Waals surface area contributed by atoms with Gasteiger partial charge in [0, 0.05) is 4.90 Å². The molecule has 112 valence electrons. The van der Waals surface area contributed by atoms with Crippen LogP contribution in [0.2, 0.25) is 0 Å². The summed E-state index contributed by atoms with van der Waals surface area (Å²) in [7, 11) is 0. The van der Waals surface area contributed by atoms with Gasteiger partial charge < -0.3 is 10.2 Å². The maximum Gasteiger partial charge on any atom is 0.331 e. The van der Waals surface area contributed by atoms with Gasteiger partial charge >= 0.3 is 11.9 Å². The highest BCUT2D eigenvalue weighted by molar-refractivity contribution is 8.02. The molecular weight excluding hydrogens is 300 g/mol. The van der Waals surface area contributed by atoms with E-state index in [1.54, 1.807) is 6.07 Å². The molecule has 1 aliphatic rings. The molecule has 0 aromatic heterocycles. The monoisotopic (exact) mass is 314 g/mol. The molecule has 2 aromatic rings. The lowest BCUT2D eigenvalue weighted by Crippen LogP contribution is -2.40. The SMILES string of the molecule is CC(Sc1ccc2c(c1)Cc1ccccc1-2)(C(=O)O)C(=O)O. The van der Waals surface area contributed by atoms with E-state index in [1.807, 2.05) is 24.3 Å². The van der Waals surface area contributed by atoms with E-state index in [0.717, 1.165) is 29.3 Å². The highest BCUT2D eigenvalue weighted by Crippen LogP contribution is 2.40. The lowest BCUT2D eigenvalue weighted by molar-refractivity contribution is -0.150. The van der Waals surface area contributed by atoms with Crippen LogP contribution in [0.1, 0.15) is 18.1 Å². The van der Waals surface area contributed by atoms with Crippen LogP contribution in [-0.4, -0.2) is 26.9 Å². The minimum atomic E-state index is -1.89. The molecule has 0 aliphatic heterocycles. The van der Waals surface area contributed by atoms with Gasteiger partial charge in [0.25, 0.3) is 0 Å². The van der Waals surface area contributed by atoms with Crippen molar-refractivity contribution < 1.29 is 19.8 Å². The third-order valence-electron chi connectivity index (χ3n) is 3.90. The van der Waals surface area contributed by atoms with Crippen LogP contribution in [0.15, 0.2) is 47.4 Å². The second-order valence-electron chi connectivity index (χ2n) is 5.40. The van der Waals surface area contributed by atoms with Crippen molar-refractivity contribution in [3.63, 3.8) is 0 Å². The summed E-state index contributed by atoms with van der Waals surface area (Å²) in [4.78, 5) is 23.2. The molecule has 1 aliphatic carbocycles. The van der Waals surface area contributed by atoms with Crippen LogP contribution in [-0.2, 0) is 16.0 Å². The highest BCUT2D eigenvalue weighted by Gasteiger charge is 2.43. The Kier molecular flexibility index (Phi) is 3.45. The lowest BCUT2D eigenvalue weighted by atomic mass is 10.1. The van der Waals surface area contributed by atoms with Gasteiger partial charge in [0.2, 0.25) is 4.75 Å². The summed E-state index contributed by atoms with van der Waals surface area (Å²) in [6, 6.07) is 13.7. The third-order valence-corrected chi connectivity index (χ3v) is 5.15. The topological polar surface area (TPSA) is 74.6 Å². The first-order valence-corrected chi connectivity index (χ1v) is 7.60. The summed E-state index contributed by atoms with van der Waals surface area (Å²) in [5.74, 6) is -2.71. The van der Waals surface area contributed by atoms with E-state index in [4.69, 9.17) is 0 Å². The second-order valence-corrected chi connectivity index (χ2v) is 6.89. The Morgan fingerprint density at radius 2 is 1.64 bits per heavy atom. The van der Waals surface area contributed by atoms with Gasteiger partial charge in [-0.15, -0.1) is 0 Å². The van der Waals surface area contributed by atoms with Crippen molar-refractivity contribution in [3.8, 4) is 11.1 Å². The molecule has 0 atom stereocenters. The predicted molar refractivity (Wildman–Crippen MR) is 84.2 cm³/mol. The van der Waals surface area contributed by atoms with Gasteiger partial charge in [-0.25, -0.2) is 0 Å². The molecule has 0 unspecified atom stereocenters. The van der Waals surface area contributed by atoms with Gasteiger partial charge in [-0.05, 0) is 47.7 Å². The minimum absolute atomic E-state index is 0.652.